The van der Waals surface area contributed by atoms with Gasteiger partial charge in [-0.15, -0.1) is 11.3 Å². The van der Waals surface area contributed by atoms with Crippen LogP contribution in [0.1, 0.15) is 26.6 Å². The molecule has 0 atom stereocenters. The third-order valence-electron chi connectivity index (χ3n) is 2.54. The summed E-state index contributed by atoms with van der Waals surface area (Å²) in [5, 5.41) is 4.43. The minimum atomic E-state index is -0.434. The fraction of sp³-hybridized carbons (Fsp3) is 0.154. The molecule has 0 unspecified atom stereocenters. The zero-order chi connectivity index (χ0) is 15.1. The molecule has 2 aromatic heterocycles. The summed E-state index contributed by atoms with van der Waals surface area (Å²) in [6, 6.07) is 6.75. The number of H-pyrrole nitrogens is 1. The lowest BCUT2D eigenvalue weighted by Crippen LogP contribution is -2.42. The fourth-order valence-corrected chi connectivity index (χ4v) is 2.15. The Morgan fingerprint density at radius 1 is 1.10 bits per heavy atom. The minimum absolute atomic E-state index is 0.0715. The summed E-state index contributed by atoms with van der Waals surface area (Å²) in [6.45, 7) is 0.195. The standard InChI is InChI=1S/C13H14N4O3S/c18-11(16-17-12(19)9-3-1-6-14-9)5-7-15-13(20)10-4-2-8-21-10/h1-4,6,8,14H,5,7H2,(H,15,20)(H,16,18)(H,17,19). The van der Waals surface area contributed by atoms with Crippen molar-refractivity contribution in [1.29, 1.82) is 0 Å². The number of amides is 3. The predicted molar refractivity (Wildman–Crippen MR) is 77.7 cm³/mol. The molecule has 7 nitrogen and oxygen atoms in total. The van der Waals surface area contributed by atoms with E-state index in [1.54, 1.807) is 35.8 Å². The van der Waals surface area contributed by atoms with E-state index in [4.69, 9.17) is 0 Å². The van der Waals surface area contributed by atoms with Crippen molar-refractivity contribution in [3.63, 3.8) is 0 Å². The van der Waals surface area contributed by atoms with Crippen molar-refractivity contribution in [3.05, 3.63) is 46.4 Å². The number of rotatable bonds is 5. The quantitative estimate of drug-likeness (QED) is 0.610. The van der Waals surface area contributed by atoms with Gasteiger partial charge in [0.2, 0.25) is 5.91 Å². The smallest absolute Gasteiger partial charge is 0.286 e. The van der Waals surface area contributed by atoms with Gasteiger partial charge in [0.15, 0.2) is 0 Å². The molecule has 3 amide bonds. The second-order valence-corrected chi connectivity index (χ2v) is 5.02. The number of nitrogens with one attached hydrogen (secondary N) is 4. The lowest BCUT2D eigenvalue weighted by atomic mass is 10.4. The van der Waals surface area contributed by atoms with Crippen LogP contribution in [0.4, 0.5) is 0 Å². The minimum Gasteiger partial charge on any atom is -0.357 e. The maximum absolute atomic E-state index is 11.6. The van der Waals surface area contributed by atoms with Gasteiger partial charge in [0.1, 0.15) is 5.69 Å². The zero-order valence-corrected chi connectivity index (χ0v) is 11.8. The van der Waals surface area contributed by atoms with Crippen LogP contribution in [0.5, 0.6) is 0 Å². The highest BCUT2D eigenvalue weighted by molar-refractivity contribution is 7.12. The summed E-state index contributed by atoms with van der Waals surface area (Å²) in [7, 11) is 0. The van der Waals surface area contributed by atoms with Gasteiger partial charge in [0.05, 0.1) is 4.88 Å². The number of aromatic nitrogens is 1. The molecule has 0 aromatic carbocycles. The van der Waals surface area contributed by atoms with Crippen LogP contribution < -0.4 is 16.2 Å². The Kier molecular flexibility index (Phi) is 5.10. The molecule has 110 valence electrons. The van der Waals surface area contributed by atoms with Crippen molar-refractivity contribution in [3.8, 4) is 0 Å². The molecule has 0 bridgehead atoms. The van der Waals surface area contributed by atoms with Gasteiger partial charge < -0.3 is 10.3 Å². The Bertz CT molecular complexity index is 607. The van der Waals surface area contributed by atoms with E-state index < -0.39 is 5.91 Å². The van der Waals surface area contributed by atoms with Crippen LogP contribution in [0.15, 0.2) is 35.8 Å². The van der Waals surface area contributed by atoms with E-state index in [2.05, 4.69) is 21.2 Å². The fourth-order valence-electron chi connectivity index (χ4n) is 1.51. The maximum atomic E-state index is 11.6. The number of hydrogen-bond donors (Lipinski definition) is 4. The molecule has 2 heterocycles. The Morgan fingerprint density at radius 2 is 1.95 bits per heavy atom. The van der Waals surface area contributed by atoms with Gasteiger partial charge >= 0.3 is 0 Å². The Labute approximate surface area is 124 Å². The first-order chi connectivity index (χ1) is 10.2. The van der Waals surface area contributed by atoms with E-state index in [0.717, 1.165) is 0 Å². The molecule has 0 saturated carbocycles. The molecule has 0 aliphatic carbocycles. The summed E-state index contributed by atoms with van der Waals surface area (Å²) < 4.78 is 0. The van der Waals surface area contributed by atoms with Crippen LogP contribution in [-0.4, -0.2) is 29.3 Å². The van der Waals surface area contributed by atoms with Crippen molar-refractivity contribution >= 4 is 29.1 Å². The van der Waals surface area contributed by atoms with Gasteiger partial charge in [0.25, 0.3) is 11.8 Å². The molecule has 2 aromatic rings. The van der Waals surface area contributed by atoms with E-state index >= 15 is 0 Å². The van der Waals surface area contributed by atoms with Gasteiger partial charge in [0, 0.05) is 19.2 Å². The van der Waals surface area contributed by atoms with E-state index in [1.165, 1.54) is 11.3 Å². The molecule has 0 aliphatic heterocycles. The Balaban J connectivity index is 1.64. The SMILES string of the molecule is O=C(CCNC(=O)c1cccs1)NNC(=O)c1ccc[nH]1. The third kappa shape index (κ3) is 4.46. The molecule has 21 heavy (non-hydrogen) atoms. The largest absolute Gasteiger partial charge is 0.357 e. The summed E-state index contributed by atoms with van der Waals surface area (Å²) in [5.41, 5.74) is 4.89. The molecule has 2 rings (SSSR count). The second-order valence-electron chi connectivity index (χ2n) is 4.07. The van der Waals surface area contributed by atoms with Crippen LogP contribution >= 0.6 is 11.3 Å². The van der Waals surface area contributed by atoms with Crippen LogP contribution in [-0.2, 0) is 4.79 Å². The lowest BCUT2D eigenvalue weighted by molar-refractivity contribution is -0.121. The highest BCUT2D eigenvalue weighted by Gasteiger charge is 2.09. The lowest BCUT2D eigenvalue weighted by Gasteiger charge is -2.07. The average molecular weight is 306 g/mol. The van der Waals surface area contributed by atoms with Gasteiger partial charge in [-0.2, -0.15) is 0 Å². The second kappa shape index (κ2) is 7.25. The molecular weight excluding hydrogens is 292 g/mol. The monoisotopic (exact) mass is 306 g/mol. The topological polar surface area (TPSA) is 103 Å². The van der Waals surface area contributed by atoms with Gasteiger partial charge in [-0.25, -0.2) is 0 Å². The van der Waals surface area contributed by atoms with E-state index in [-0.39, 0.29) is 24.8 Å². The normalized spacial score (nSPS) is 9.90. The number of aromatic amines is 1. The number of carbonyl (C=O) groups is 3. The van der Waals surface area contributed by atoms with Crippen LogP contribution in [0, 0.1) is 0 Å². The predicted octanol–water partition coefficient (Wildman–Crippen LogP) is 0.657. The molecule has 4 N–H and O–H groups in total. The first kappa shape index (κ1) is 14.8. The molecule has 0 aliphatic rings. The van der Waals surface area contributed by atoms with Crippen molar-refractivity contribution in [1.82, 2.24) is 21.2 Å². The molecule has 0 fully saturated rings. The van der Waals surface area contributed by atoms with E-state index in [1.807, 2.05) is 0 Å². The van der Waals surface area contributed by atoms with Crippen LogP contribution in [0.3, 0.4) is 0 Å². The summed E-state index contributed by atoms with van der Waals surface area (Å²) >= 11 is 1.33. The summed E-state index contributed by atoms with van der Waals surface area (Å²) in [4.78, 5) is 37.9. The third-order valence-corrected chi connectivity index (χ3v) is 3.41. The van der Waals surface area contributed by atoms with Crippen molar-refractivity contribution < 1.29 is 14.4 Å². The Morgan fingerprint density at radius 3 is 2.62 bits per heavy atom. The first-order valence-electron chi connectivity index (χ1n) is 6.21. The first-order valence-corrected chi connectivity index (χ1v) is 7.09. The van der Waals surface area contributed by atoms with Crippen LogP contribution in [0.25, 0.3) is 0 Å². The molecule has 8 heteroatoms. The van der Waals surface area contributed by atoms with Gasteiger partial charge in [-0.1, -0.05) is 6.07 Å². The van der Waals surface area contributed by atoms with Gasteiger partial charge in [-0.3, -0.25) is 25.2 Å². The maximum Gasteiger partial charge on any atom is 0.286 e. The molecule has 0 radical (unpaired) electrons. The number of carbonyl (C=O) groups excluding carboxylic acids is 3. The molecule has 0 spiro atoms. The van der Waals surface area contributed by atoms with Crippen molar-refractivity contribution in [2.24, 2.45) is 0 Å². The van der Waals surface area contributed by atoms with Gasteiger partial charge in [-0.05, 0) is 23.6 Å². The molecular formula is C13H14N4O3S. The number of hydrogen-bond acceptors (Lipinski definition) is 4. The average Bonchev–Trinajstić information content (AvgIpc) is 3.16. The number of thiophene rings is 1. The van der Waals surface area contributed by atoms with Crippen molar-refractivity contribution in [2.75, 3.05) is 6.54 Å². The molecule has 0 saturated heterocycles. The summed E-state index contributed by atoms with van der Waals surface area (Å²) in [5.74, 6) is -1.04. The number of hydrazine groups is 1. The Hall–Kier alpha value is -2.61. The van der Waals surface area contributed by atoms with E-state index in [9.17, 15) is 14.4 Å². The van der Waals surface area contributed by atoms with Crippen molar-refractivity contribution in [2.45, 2.75) is 6.42 Å². The highest BCUT2D eigenvalue weighted by atomic mass is 32.1. The summed E-state index contributed by atoms with van der Waals surface area (Å²) in [6.07, 6.45) is 1.68. The highest BCUT2D eigenvalue weighted by Crippen LogP contribution is 2.07. The van der Waals surface area contributed by atoms with Crippen LogP contribution in [0.2, 0.25) is 0 Å². The van der Waals surface area contributed by atoms with E-state index in [0.29, 0.717) is 10.6 Å². The zero-order valence-electron chi connectivity index (χ0n) is 11.0.